The quantitative estimate of drug-likeness (QED) is 0.597. The lowest BCUT2D eigenvalue weighted by Crippen LogP contribution is -2.28. The highest BCUT2D eigenvalue weighted by molar-refractivity contribution is 7.80. The molecule has 0 bridgehead atoms. The molecular weight excluding hydrogens is 284 g/mol. The van der Waals surface area contributed by atoms with Gasteiger partial charge in [0.05, 0.1) is 23.8 Å². The van der Waals surface area contributed by atoms with Gasteiger partial charge < -0.3 is 15.0 Å². The maximum absolute atomic E-state index is 11.9. The summed E-state index contributed by atoms with van der Waals surface area (Å²) in [5, 5.41) is 3.18. The molecule has 6 heteroatoms. The van der Waals surface area contributed by atoms with Crippen LogP contribution in [0.5, 0.6) is 0 Å². The van der Waals surface area contributed by atoms with Crippen molar-refractivity contribution >= 4 is 30.1 Å². The van der Waals surface area contributed by atoms with E-state index in [1.807, 2.05) is 19.0 Å². The predicted molar refractivity (Wildman–Crippen MR) is 80.4 cm³/mol. The van der Waals surface area contributed by atoms with Crippen molar-refractivity contribution in [3.8, 4) is 0 Å². The first-order valence-corrected chi connectivity index (χ1v) is 6.82. The van der Waals surface area contributed by atoms with Gasteiger partial charge in [0.1, 0.15) is 0 Å². The molecule has 1 N–H and O–H groups in total. The number of ether oxygens (including phenoxy) is 1. The van der Waals surface area contributed by atoms with Gasteiger partial charge >= 0.3 is 0 Å². The lowest BCUT2D eigenvalue weighted by atomic mass is 10.2. The van der Waals surface area contributed by atoms with Crippen molar-refractivity contribution < 1.29 is 9.53 Å². The van der Waals surface area contributed by atoms with Gasteiger partial charge in [0.25, 0.3) is 5.91 Å². The maximum Gasteiger partial charge on any atom is 0.252 e. The number of halogens is 1. The van der Waals surface area contributed by atoms with Crippen molar-refractivity contribution in [3.05, 3.63) is 28.8 Å². The molecule has 0 saturated carbocycles. The van der Waals surface area contributed by atoms with Crippen LogP contribution in [-0.2, 0) is 4.74 Å². The number of rotatable bonds is 7. The highest BCUT2D eigenvalue weighted by Crippen LogP contribution is 2.19. The molecule has 0 aromatic heterocycles. The summed E-state index contributed by atoms with van der Waals surface area (Å²) in [6.45, 7) is 2.45. The van der Waals surface area contributed by atoms with Crippen molar-refractivity contribution in [2.75, 3.05) is 40.4 Å². The lowest BCUT2D eigenvalue weighted by molar-refractivity contribution is 0.0900. The minimum absolute atomic E-state index is 0.211. The fourth-order valence-corrected chi connectivity index (χ4v) is 1.78. The number of carbonyl (C=O) groups is 1. The molecule has 1 amide bonds. The Hall–Kier alpha value is -0.750. The Kier molecular flexibility index (Phi) is 7.23. The second-order valence-electron chi connectivity index (χ2n) is 4.34. The van der Waals surface area contributed by atoms with Crippen molar-refractivity contribution in [1.82, 2.24) is 10.2 Å². The van der Waals surface area contributed by atoms with Crippen molar-refractivity contribution in [2.45, 2.75) is 4.90 Å². The van der Waals surface area contributed by atoms with E-state index in [2.05, 4.69) is 17.9 Å². The molecule has 19 heavy (non-hydrogen) atoms. The number of carbonyl (C=O) groups excluding carboxylic acids is 1. The van der Waals surface area contributed by atoms with Crippen LogP contribution in [0.1, 0.15) is 10.4 Å². The van der Waals surface area contributed by atoms with Crippen LogP contribution < -0.4 is 5.32 Å². The lowest BCUT2D eigenvalue weighted by Gasteiger charge is -2.10. The van der Waals surface area contributed by atoms with E-state index in [1.54, 1.807) is 18.2 Å². The second kappa shape index (κ2) is 8.43. The van der Waals surface area contributed by atoms with Gasteiger partial charge in [-0.05, 0) is 32.3 Å². The number of nitrogens with zero attached hydrogens (tertiary/aromatic N) is 1. The molecule has 0 heterocycles. The zero-order valence-electron chi connectivity index (χ0n) is 11.1. The Labute approximate surface area is 124 Å². The smallest absolute Gasteiger partial charge is 0.252 e. The Bertz CT molecular complexity index is 427. The van der Waals surface area contributed by atoms with E-state index in [4.69, 9.17) is 16.3 Å². The molecule has 4 nitrogen and oxygen atoms in total. The molecule has 1 aromatic rings. The third-order valence-electron chi connectivity index (χ3n) is 2.41. The Balaban J connectivity index is 2.29. The minimum atomic E-state index is -0.211. The van der Waals surface area contributed by atoms with Gasteiger partial charge in [-0.2, -0.15) is 0 Å². The Morgan fingerprint density at radius 3 is 2.84 bits per heavy atom. The van der Waals surface area contributed by atoms with Gasteiger partial charge in [-0.25, -0.2) is 0 Å². The molecule has 0 saturated heterocycles. The van der Waals surface area contributed by atoms with Crippen molar-refractivity contribution in [2.24, 2.45) is 0 Å². The zero-order valence-corrected chi connectivity index (χ0v) is 12.8. The number of benzene rings is 1. The van der Waals surface area contributed by atoms with Gasteiger partial charge in [-0.1, -0.05) is 11.6 Å². The predicted octanol–water partition coefficient (Wildman–Crippen LogP) is 1.94. The van der Waals surface area contributed by atoms with Crippen LogP contribution in [0.3, 0.4) is 0 Å². The number of likely N-dealkylation sites (N-methyl/N-ethyl adjacent to an activating group) is 1. The summed E-state index contributed by atoms with van der Waals surface area (Å²) in [6, 6.07) is 5.05. The summed E-state index contributed by atoms with van der Waals surface area (Å²) < 4.78 is 5.38. The van der Waals surface area contributed by atoms with Gasteiger partial charge in [-0.15, -0.1) is 12.6 Å². The van der Waals surface area contributed by atoms with E-state index in [0.29, 0.717) is 35.2 Å². The van der Waals surface area contributed by atoms with E-state index >= 15 is 0 Å². The third-order valence-corrected chi connectivity index (χ3v) is 3.02. The Morgan fingerprint density at radius 1 is 1.42 bits per heavy atom. The van der Waals surface area contributed by atoms with Crippen LogP contribution in [0.2, 0.25) is 5.02 Å². The van der Waals surface area contributed by atoms with Gasteiger partial charge in [0, 0.05) is 18.0 Å². The summed E-state index contributed by atoms with van der Waals surface area (Å²) in [5.74, 6) is -0.211. The summed E-state index contributed by atoms with van der Waals surface area (Å²) in [5.41, 5.74) is 0.433. The molecule has 0 radical (unpaired) electrons. The van der Waals surface area contributed by atoms with Crippen molar-refractivity contribution in [3.63, 3.8) is 0 Å². The molecule has 0 spiro atoms. The molecule has 0 fully saturated rings. The monoisotopic (exact) mass is 302 g/mol. The largest absolute Gasteiger partial charge is 0.378 e. The van der Waals surface area contributed by atoms with Crippen LogP contribution in [0.15, 0.2) is 23.1 Å². The maximum atomic E-state index is 11.9. The third kappa shape index (κ3) is 6.29. The summed E-state index contributed by atoms with van der Waals surface area (Å²) >= 11 is 10.1. The molecule has 0 aliphatic rings. The zero-order chi connectivity index (χ0) is 14.3. The number of amides is 1. The molecule has 1 rings (SSSR count). The number of hydrogen-bond acceptors (Lipinski definition) is 4. The first kappa shape index (κ1) is 16.3. The van der Waals surface area contributed by atoms with Crippen LogP contribution in [0, 0.1) is 0 Å². The molecular formula is C13H19ClN2O2S. The number of nitrogens with one attached hydrogen (secondary N) is 1. The summed E-state index contributed by atoms with van der Waals surface area (Å²) in [7, 11) is 3.97. The SMILES string of the molecule is CN(C)CCOCCNC(=O)c1cc(S)ccc1Cl. The average Bonchev–Trinajstić information content (AvgIpc) is 2.36. The molecule has 0 unspecified atom stereocenters. The fraction of sp³-hybridized carbons (Fsp3) is 0.462. The highest BCUT2D eigenvalue weighted by atomic mass is 35.5. The molecule has 0 atom stereocenters. The fourth-order valence-electron chi connectivity index (χ4n) is 1.37. The van der Waals surface area contributed by atoms with Crippen LogP contribution >= 0.6 is 24.2 Å². The van der Waals surface area contributed by atoms with Gasteiger partial charge in [-0.3, -0.25) is 4.79 Å². The molecule has 0 aliphatic heterocycles. The van der Waals surface area contributed by atoms with E-state index in [0.717, 1.165) is 6.54 Å². The van der Waals surface area contributed by atoms with Gasteiger partial charge in [0.2, 0.25) is 0 Å². The summed E-state index contributed by atoms with van der Waals surface area (Å²) in [6.07, 6.45) is 0. The average molecular weight is 303 g/mol. The van der Waals surface area contributed by atoms with E-state index < -0.39 is 0 Å². The second-order valence-corrected chi connectivity index (χ2v) is 5.26. The number of hydrogen-bond donors (Lipinski definition) is 2. The highest BCUT2D eigenvalue weighted by Gasteiger charge is 2.09. The first-order valence-electron chi connectivity index (χ1n) is 6.00. The van der Waals surface area contributed by atoms with Crippen molar-refractivity contribution in [1.29, 1.82) is 0 Å². The van der Waals surface area contributed by atoms with E-state index in [1.165, 1.54) is 0 Å². The van der Waals surface area contributed by atoms with Crippen LogP contribution in [-0.4, -0.2) is 51.2 Å². The summed E-state index contributed by atoms with van der Waals surface area (Å²) in [4.78, 5) is 14.6. The first-order chi connectivity index (χ1) is 9.00. The standard InChI is InChI=1S/C13H19ClN2O2S/c1-16(2)6-8-18-7-5-15-13(17)11-9-10(19)3-4-12(11)14/h3-4,9,19H,5-8H2,1-2H3,(H,15,17). The topological polar surface area (TPSA) is 41.6 Å². The van der Waals surface area contributed by atoms with Crippen LogP contribution in [0.25, 0.3) is 0 Å². The molecule has 1 aromatic carbocycles. The molecule has 106 valence electrons. The van der Waals surface area contributed by atoms with E-state index in [9.17, 15) is 4.79 Å². The van der Waals surface area contributed by atoms with Gasteiger partial charge in [0.15, 0.2) is 0 Å². The number of thiol groups is 1. The molecule has 0 aliphatic carbocycles. The Morgan fingerprint density at radius 2 is 2.16 bits per heavy atom. The normalized spacial score (nSPS) is 10.8. The van der Waals surface area contributed by atoms with Crippen LogP contribution in [0.4, 0.5) is 0 Å². The van der Waals surface area contributed by atoms with E-state index in [-0.39, 0.29) is 5.91 Å². The minimum Gasteiger partial charge on any atom is -0.378 e.